The van der Waals surface area contributed by atoms with Gasteiger partial charge < -0.3 is 10.1 Å². The van der Waals surface area contributed by atoms with Crippen LogP contribution < -0.4 is 10.1 Å². The Morgan fingerprint density at radius 1 is 1.29 bits per heavy atom. The molecule has 0 atom stereocenters. The molecule has 1 N–H and O–H groups in total. The lowest BCUT2D eigenvalue weighted by molar-refractivity contribution is 0.308. The summed E-state index contributed by atoms with van der Waals surface area (Å²) in [6.45, 7) is 4.38. The van der Waals surface area contributed by atoms with Gasteiger partial charge in [-0.1, -0.05) is 36.7 Å². The summed E-state index contributed by atoms with van der Waals surface area (Å²) in [6, 6.07) is 9.87. The summed E-state index contributed by atoms with van der Waals surface area (Å²) in [6.07, 6.45) is 1.81. The van der Waals surface area contributed by atoms with E-state index in [2.05, 4.69) is 17.3 Å². The van der Waals surface area contributed by atoms with Crippen molar-refractivity contribution in [2.45, 2.75) is 26.3 Å². The molecule has 0 aliphatic rings. The van der Waals surface area contributed by atoms with Gasteiger partial charge in [-0.15, -0.1) is 0 Å². The molecule has 5 heteroatoms. The van der Waals surface area contributed by atoms with Crippen LogP contribution in [0.4, 0.5) is 0 Å². The molecule has 1 heterocycles. The average molecular weight is 308 g/mol. The van der Waals surface area contributed by atoms with Crippen LogP contribution in [0, 0.1) is 0 Å². The van der Waals surface area contributed by atoms with E-state index < -0.39 is 0 Å². The fourth-order valence-corrected chi connectivity index (χ4v) is 2.48. The molecular weight excluding hydrogens is 286 g/mol. The lowest BCUT2D eigenvalue weighted by Crippen LogP contribution is -2.19. The van der Waals surface area contributed by atoms with Crippen LogP contribution in [0.1, 0.15) is 24.7 Å². The smallest absolute Gasteiger partial charge is 0.119 e. The zero-order valence-electron chi connectivity index (χ0n) is 12.6. The maximum Gasteiger partial charge on any atom is 0.119 e. The zero-order valence-corrected chi connectivity index (χ0v) is 13.4. The second kappa shape index (κ2) is 8.05. The van der Waals surface area contributed by atoms with Crippen LogP contribution in [-0.2, 0) is 20.0 Å². The standard InChI is InChI=1S/C16H22ClN3O/c1-3-14-16(17)15(20(2)19-14)12-18-10-7-11-21-13-8-5-4-6-9-13/h4-6,8-9,18H,3,7,10-12H2,1-2H3. The maximum absolute atomic E-state index is 6.30. The third-order valence-electron chi connectivity index (χ3n) is 3.31. The van der Waals surface area contributed by atoms with Gasteiger partial charge in [0, 0.05) is 13.6 Å². The first-order valence-electron chi connectivity index (χ1n) is 7.31. The van der Waals surface area contributed by atoms with Crippen molar-refractivity contribution in [3.05, 3.63) is 46.7 Å². The normalized spacial score (nSPS) is 10.8. The molecule has 0 spiro atoms. The highest BCUT2D eigenvalue weighted by atomic mass is 35.5. The topological polar surface area (TPSA) is 39.1 Å². The van der Waals surface area contributed by atoms with Crippen LogP contribution in [-0.4, -0.2) is 22.9 Å². The number of aromatic nitrogens is 2. The number of hydrogen-bond donors (Lipinski definition) is 1. The highest BCUT2D eigenvalue weighted by Crippen LogP contribution is 2.20. The van der Waals surface area contributed by atoms with Gasteiger partial charge in [0.15, 0.2) is 0 Å². The number of nitrogens with one attached hydrogen (secondary N) is 1. The number of nitrogens with zero attached hydrogens (tertiary/aromatic N) is 2. The van der Waals surface area contributed by atoms with Crippen molar-refractivity contribution in [1.29, 1.82) is 0 Å². The van der Waals surface area contributed by atoms with E-state index in [4.69, 9.17) is 16.3 Å². The summed E-state index contributed by atoms with van der Waals surface area (Å²) in [5.41, 5.74) is 2.00. The fraction of sp³-hybridized carbons (Fsp3) is 0.438. The van der Waals surface area contributed by atoms with Crippen molar-refractivity contribution < 1.29 is 4.74 Å². The molecule has 0 aliphatic carbocycles. The van der Waals surface area contributed by atoms with E-state index in [-0.39, 0.29) is 0 Å². The maximum atomic E-state index is 6.30. The lowest BCUT2D eigenvalue weighted by Gasteiger charge is -2.07. The van der Waals surface area contributed by atoms with Crippen molar-refractivity contribution >= 4 is 11.6 Å². The molecule has 21 heavy (non-hydrogen) atoms. The highest BCUT2D eigenvalue weighted by Gasteiger charge is 2.11. The second-order valence-corrected chi connectivity index (χ2v) is 5.25. The molecule has 114 valence electrons. The first-order chi connectivity index (χ1) is 10.2. The van der Waals surface area contributed by atoms with Gasteiger partial charge >= 0.3 is 0 Å². The van der Waals surface area contributed by atoms with E-state index in [1.807, 2.05) is 42.1 Å². The number of halogens is 1. The Hall–Kier alpha value is -1.52. The SMILES string of the molecule is CCc1nn(C)c(CNCCCOc2ccccc2)c1Cl. The third kappa shape index (κ3) is 4.48. The number of rotatable bonds is 8. The first kappa shape index (κ1) is 15.9. The minimum absolute atomic E-state index is 0.705. The summed E-state index contributed by atoms with van der Waals surface area (Å²) < 4.78 is 7.50. The molecule has 0 bridgehead atoms. The molecule has 1 aromatic carbocycles. The van der Waals surface area contributed by atoms with Gasteiger partial charge in [-0.25, -0.2) is 0 Å². The molecule has 0 unspecified atom stereocenters. The number of aryl methyl sites for hydroxylation is 2. The molecule has 1 aromatic heterocycles. The molecular formula is C16H22ClN3O. The van der Waals surface area contributed by atoms with Crippen molar-refractivity contribution in [2.24, 2.45) is 7.05 Å². The van der Waals surface area contributed by atoms with E-state index in [1.54, 1.807) is 0 Å². The van der Waals surface area contributed by atoms with Crippen LogP contribution in [0.25, 0.3) is 0 Å². The predicted molar refractivity (Wildman–Crippen MR) is 85.9 cm³/mol. The van der Waals surface area contributed by atoms with Crippen LogP contribution in [0.5, 0.6) is 5.75 Å². The Bertz CT molecular complexity index is 554. The van der Waals surface area contributed by atoms with Gasteiger partial charge in [-0.2, -0.15) is 5.10 Å². The van der Waals surface area contributed by atoms with Gasteiger partial charge in [0.05, 0.1) is 23.0 Å². The molecule has 0 saturated heterocycles. The minimum Gasteiger partial charge on any atom is -0.494 e. The molecule has 0 radical (unpaired) electrons. The first-order valence-corrected chi connectivity index (χ1v) is 7.69. The lowest BCUT2D eigenvalue weighted by atomic mass is 10.3. The van der Waals surface area contributed by atoms with E-state index in [0.29, 0.717) is 6.61 Å². The Morgan fingerprint density at radius 3 is 2.71 bits per heavy atom. The Kier molecular flexibility index (Phi) is 6.08. The predicted octanol–water partition coefficient (Wildman–Crippen LogP) is 3.19. The van der Waals surface area contributed by atoms with Crippen LogP contribution >= 0.6 is 11.6 Å². The summed E-state index contributed by atoms with van der Waals surface area (Å²) in [7, 11) is 1.93. The highest BCUT2D eigenvalue weighted by molar-refractivity contribution is 6.31. The number of ether oxygens (including phenoxy) is 1. The van der Waals surface area contributed by atoms with Crippen LogP contribution in [0.3, 0.4) is 0 Å². The summed E-state index contributed by atoms with van der Waals surface area (Å²) in [5.74, 6) is 0.916. The fourth-order valence-electron chi connectivity index (χ4n) is 2.12. The summed E-state index contributed by atoms with van der Waals surface area (Å²) in [4.78, 5) is 0. The summed E-state index contributed by atoms with van der Waals surface area (Å²) >= 11 is 6.30. The molecule has 4 nitrogen and oxygen atoms in total. The van der Waals surface area contributed by atoms with Crippen LogP contribution in [0.2, 0.25) is 5.02 Å². The van der Waals surface area contributed by atoms with E-state index in [0.717, 1.165) is 48.1 Å². The Labute approximate surface area is 131 Å². The molecule has 0 aliphatic heterocycles. The second-order valence-electron chi connectivity index (χ2n) is 4.88. The molecule has 0 fully saturated rings. The average Bonchev–Trinajstić information content (AvgIpc) is 2.78. The number of hydrogen-bond acceptors (Lipinski definition) is 3. The van der Waals surface area contributed by atoms with Gasteiger partial charge in [0.2, 0.25) is 0 Å². The summed E-state index contributed by atoms with van der Waals surface area (Å²) in [5, 5.41) is 8.57. The van der Waals surface area contributed by atoms with E-state index in [9.17, 15) is 0 Å². The van der Waals surface area contributed by atoms with Crippen molar-refractivity contribution in [1.82, 2.24) is 15.1 Å². The van der Waals surface area contributed by atoms with Gasteiger partial charge in [-0.05, 0) is 31.5 Å². The van der Waals surface area contributed by atoms with Gasteiger partial charge in [0.1, 0.15) is 5.75 Å². The molecule has 0 saturated carbocycles. The van der Waals surface area contributed by atoms with Crippen molar-refractivity contribution in [3.63, 3.8) is 0 Å². The molecule has 2 rings (SSSR count). The molecule has 0 amide bonds. The van der Waals surface area contributed by atoms with E-state index in [1.165, 1.54) is 0 Å². The monoisotopic (exact) mass is 307 g/mol. The van der Waals surface area contributed by atoms with Crippen molar-refractivity contribution in [2.75, 3.05) is 13.2 Å². The van der Waals surface area contributed by atoms with Crippen LogP contribution in [0.15, 0.2) is 30.3 Å². The number of para-hydroxylation sites is 1. The number of benzene rings is 1. The van der Waals surface area contributed by atoms with Crippen molar-refractivity contribution in [3.8, 4) is 5.75 Å². The minimum atomic E-state index is 0.705. The van der Waals surface area contributed by atoms with E-state index >= 15 is 0 Å². The largest absolute Gasteiger partial charge is 0.494 e. The van der Waals surface area contributed by atoms with Gasteiger partial charge in [-0.3, -0.25) is 4.68 Å². The Morgan fingerprint density at radius 2 is 2.05 bits per heavy atom. The Balaban J connectivity index is 1.67. The third-order valence-corrected chi connectivity index (χ3v) is 3.74. The van der Waals surface area contributed by atoms with Gasteiger partial charge in [0.25, 0.3) is 0 Å². The molecule has 2 aromatic rings. The quantitative estimate of drug-likeness (QED) is 0.761. The zero-order chi connectivity index (χ0) is 15.1.